The maximum atomic E-state index is 11.0. The Kier molecular flexibility index (Phi) is 2.08. The fourth-order valence-electron chi connectivity index (χ4n) is 1.02. The van der Waals surface area contributed by atoms with Crippen molar-refractivity contribution in [2.75, 3.05) is 0 Å². The van der Waals surface area contributed by atoms with Crippen molar-refractivity contribution in [3.63, 3.8) is 0 Å². The lowest BCUT2D eigenvalue weighted by molar-refractivity contribution is 0.778. The van der Waals surface area contributed by atoms with Gasteiger partial charge in [-0.05, 0) is 18.9 Å². The maximum absolute atomic E-state index is 11.0. The van der Waals surface area contributed by atoms with Crippen LogP contribution in [0.1, 0.15) is 18.2 Å². The Labute approximate surface area is 65.7 Å². The first-order chi connectivity index (χ1) is 5.15. The van der Waals surface area contributed by atoms with Gasteiger partial charge in [0.05, 0.1) is 0 Å². The molecule has 0 saturated heterocycles. The van der Waals surface area contributed by atoms with Crippen LogP contribution in [0.3, 0.4) is 0 Å². The van der Waals surface area contributed by atoms with Gasteiger partial charge in [-0.2, -0.15) is 4.98 Å². The highest BCUT2D eigenvalue weighted by Crippen LogP contribution is 2.00. The molecule has 0 amide bonds. The zero-order valence-electron chi connectivity index (χ0n) is 7.09. The number of hydrogen-bond acceptors (Lipinski definition) is 2. The quantitative estimate of drug-likeness (QED) is 0.592. The van der Waals surface area contributed by atoms with Crippen LogP contribution >= 0.6 is 0 Å². The average molecular weight is 152 g/mol. The normalized spacial score (nSPS) is 10.1. The molecule has 1 rings (SSSR count). The number of aromatic nitrogens is 2. The molecule has 0 N–H and O–H groups in total. The molecule has 0 aromatic carbocycles. The zero-order valence-corrected chi connectivity index (χ0v) is 7.09. The minimum absolute atomic E-state index is 0.181. The van der Waals surface area contributed by atoms with Gasteiger partial charge in [-0.3, -0.25) is 0 Å². The Hall–Kier alpha value is -1.12. The lowest BCUT2D eigenvalue weighted by Gasteiger charge is -2.02. The van der Waals surface area contributed by atoms with Crippen molar-refractivity contribution in [1.82, 2.24) is 9.55 Å². The molecular weight excluding hydrogens is 140 g/mol. The Morgan fingerprint density at radius 3 is 2.82 bits per heavy atom. The van der Waals surface area contributed by atoms with Crippen molar-refractivity contribution >= 4 is 0 Å². The summed E-state index contributed by atoms with van der Waals surface area (Å²) in [5, 5.41) is 0. The molecule has 0 atom stereocenters. The van der Waals surface area contributed by atoms with Crippen LogP contribution in [0.5, 0.6) is 0 Å². The molecule has 3 heteroatoms. The first-order valence-corrected chi connectivity index (χ1v) is 3.68. The summed E-state index contributed by atoms with van der Waals surface area (Å²) in [7, 11) is 1.72. The monoisotopic (exact) mass is 152 g/mol. The minimum Gasteiger partial charge on any atom is -0.302 e. The first-order valence-electron chi connectivity index (χ1n) is 3.68. The lowest BCUT2D eigenvalue weighted by Crippen LogP contribution is -2.21. The van der Waals surface area contributed by atoms with Gasteiger partial charge in [0.2, 0.25) is 0 Å². The van der Waals surface area contributed by atoms with Crippen molar-refractivity contribution < 1.29 is 0 Å². The highest BCUT2D eigenvalue weighted by Gasteiger charge is 1.98. The molecule has 60 valence electrons. The third kappa shape index (κ3) is 1.48. The van der Waals surface area contributed by atoms with Crippen LogP contribution in [0.2, 0.25) is 0 Å². The zero-order chi connectivity index (χ0) is 8.43. The molecular formula is C8H12N2O. The SMILES string of the molecule is CCc1cn(C)c(=O)nc1C. The number of hydrogen-bond donors (Lipinski definition) is 0. The van der Waals surface area contributed by atoms with Crippen LogP contribution in [0.25, 0.3) is 0 Å². The van der Waals surface area contributed by atoms with Crippen LogP contribution in [0, 0.1) is 6.92 Å². The topological polar surface area (TPSA) is 34.9 Å². The summed E-state index contributed by atoms with van der Waals surface area (Å²) in [6.07, 6.45) is 2.76. The Bertz CT molecular complexity index is 314. The standard InChI is InChI=1S/C8H12N2O/c1-4-7-5-10(3)8(11)9-6(7)2/h5H,4H2,1-3H3. The molecule has 3 nitrogen and oxygen atoms in total. The Morgan fingerprint density at radius 2 is 2.27 bits per heavy atom. The molecule has 1 aromatic rings. The van der Waals surface area contributed by atoms with Gasteiger partial charge in [0.25, 0.3) is 0 Å². The van der Waals surface area contributed by atoms with Crippen molar-refractivity contribution in [2.45, 2.75) is 20.3 Å². The average Bonchev–Trinajstić information content (AvgIpc) is 1.97. The molecule has 0 radical (unpaired) electrons. The second-order valence-electron chi connectivity index (χ2n) is 2.60. The van der Waals surface area contributed by atoms with Gasteiger partial charge in [0, 0.05) is 18.9 Å². The molecule has 0 unspecified atom stereocenters. The third-order valence-corrected chi connectivity index (χ3v) is 1.76. The summed E-state index contributed by atoms with van der Waals surface area (Å²) >= 11 is 0. The van der Waals surface area contributed by atoms with Gasteiger partial charge in [-0.1, -0.05) is 6.92 Å². The van der Waals surface area contributed by atoms with E-state index in [2.05, 4.69) is 11.9 Å². The van der Waals surface area contributed by atoms with Crippen LogP contribution in [0.4, 0.5) is 0 Å². The summed E-state index contributed by atoms with van der Waals surface area (Å²) in [6, 6.07) is 0. The molecule has 1 aromatic heterocycles. The van der Waals surface area contributed by atoms with Gasteiger partial charge < -0.3 is 4.57 Å². The van der Waals surface area contributed by atoms with Crippen molar-refractivity contribution in [1.29, 1.82) is 0 Å². The first kappa shape index (κ1) is 7.98. The van der Waals surface area contributed by atoms with E-state index in [-0.39, 0.29) is 5.69 Å². The van der Waals surface area contributed by atoms with Gasteiger partial charge in [-0.15, -0.1) is 0 Å². The van der Waals surface area contributed by atoms with E-state index in [0.29, 0.717) is 0 Å². The summed E-state index contributed by atoms with van der Waals surface area (Å²) in [6.45, 7) is 3.91. The van der Waals surface area contributed by atoms with Crippen molar-refractivity contribution in [3.8, 4) is 0 Å². The maximum Gasteiger partial charge on any atom is 0.347 e. The van der Waals surface area contributed by atoms with Crippen LogP contribution in [0.15, 0.2) is 11.0 Å². The number of rotatable bonds is 1. The van der Waals surface area contributed by atoms with Crippen LogP contribution in [-0.2, 0) is 13.5 Å². The molecule has 0 spiro atoms. The smallest absolute Gasteiger partial charge is 0.302 e. The van der Waals surface area contributed by atoms with Crippen LogP contribution in [-0.4, -0.2) is 9.55 Å². The van der Waals surface area contributed by atoms with E-state index in [4.69, 9.17) is 0 Å². The van der Waals surface area contributed by atoms with Gasteiger partial charge in [0.1, 0.15) is 0 Å². The third-order valence-electron chi connectivity index (χ3n) is 1.76. The van der Waals surface area contributed by atoms with Gasteiger partial charge in [-0.25, -0.2) is 4.79 Å². The van der Waals surface area contributed by atoms with Crippen LogP contribution < -0.4 is 5.69 Å². The molecule has 1 heterocycles. The highest BCUT2D eigenvalue weighted by molar-refractivity contribution is 5.14. The fraction of sp³-hybridized carbons (Fsp3) is 0.500. The van der Waals surface area contributed by atoms with Crippen molar-refractivity contribution in [3.05, 3.63) is 27.9 Å². The van der Waals surface area contributed by atoms with E-state index < -0.39 is 0 Å². The molecule has 0 fully saturated rings. The van der Waals surface area contributed by atoms with Crippen molar-refractivity contribution in [2.24, 2.45) is 7.05 Å². The Morgan fingerprint density at radius 1 is 1.64 bits per heavy atom. The molecule has 0 saturated carbocycles. The second kappa shape index (κ2) is 2.86. The van der Waals surface area contributed by atoms with E-state index in [1.807, 2.05) is 13.1 Å². The largest absolute Gasteiger partial charge is 0.347 e. The van der Waals surface area contributed by atoms with E-state index in [1.165, 1.54) is 4.57 Å². The van der Waals surface area contributed by atoms with Gasteiger partial charge >= 0.3 is 5.69 Å². The Balaban J connectivity index is 3.32. The highest BCUT2D eigenvalue weighted by atomic mass is 16.1. The molecule has 11 heavy (non-hydrogen) atoms. The van der Waals surface area contributed by atoms with Gasteiger partial charge in [0.15, 0.2) is 0 Å². The van der Waals surface area contributed by atoms with E-state index >= 15 is 0 Å². The summed E-state index contributed by atoms with van der Waals surface area (Å²) in [5.41, 5.74) is 1.79. The predicted molar refractivity (Wildman–Crippen MR) is 43.6 cm³/mol. The lowest BCUT2D eigenvalue weighted by atomic mass is 10.2. The molecule has 0 bridgehead atoms. The molecule has 0 aliphatic rings. The predicted octanol–water partition coefficient (Wildman–Crippen LogP) is 0.651. The minimum atomic E-state index is -0.181. The summed E-state index contributed by atoms with van der Waals surface area (Å²) in [5.74, 6) is 0. The number of nitrogens with zero attached hydrogens (tertiary/aromatic N) is 2. The number of aryl methyl sites for hydroxylation is 3. The molecule has 0 aliphatic carbocycles. The van der Waals surface area contributed by atoms with E-state index in [9.17, 15) is 4.79 Å². The van der Waals surface area contributed by atoms with E-state index in [1.54, 1.807) is 7.05 Å². The fourth-order valence-corrected chi connectivity index (χ4v) is 1.02. The summed E-state index contributed by atoms with van der Waals surface area (Å²) in [4.78, 5) is 14.8. The van der Waals surface area contributed by atoms with E-state index in [0.717, 1.165) is 17.7 Å². The summed E-state index contributed by atoms with van der Waals surface area (Å²) < 4.78 is 1.51. The molecule has 0 aliphatic heterocycles. The second-order valence-corrected chi connectivity index (χ2v) is 2.60.